The van der Waals surface area contributed by atoms with Gasteiger partial charge in [-0.25, -0.2) is 5.43 Å². The number of carbonyl (C=O) groups excluding carboxylic acids is 1. The lowest BCUT2D eigenvalue weighted by molar-refractivity contribution is -0.140. The lowest BCUT2D eigenvalue weighted by atomic mass is 10.1. The van der Waals surface area contributed by atoms with Gasteiger partial charge in [-0.05, 0) is 30.3 Å². The molecule has 0 unspecified atom stereocenters. The Morgan fingerprint density at radius 3 is 1.87 bits per heavy atom. The summed E-state index contributed by atoms with van der Waals surface area (Å²) in [5.74, 6) is -0.0385. The Kier molecular flexibility index (Phi) is 6.69. The standard InChI is InChI=1S/C22H17F3N2O3/c23-22(24,25)19-14-8-7-9-16(19)15-26-27-20(28)21(29-17-10-3-1-4-11-17)30-18-12-5-2-6-13-18/h1-15,21H,(H,27,28)/b26-15+. The molecule has 0 aromatic heterocycles. The quantitative estimate of drug-likeness (QED) is 0.348. The Balaban J connectivity index is 1.74. The molecule has 154 valence electrons. The molecule has 3 rings (SSSR count). The molecule has 0 aliphatic rings. The van der Waals surface area contributed by atoms with Gasteiger partial charge in [0.15, 0.2) is 0 Å². The minimum atomic E-state index is -4.54. The van der Waals surface area contributed by atoms with Crippen molar-refractivity contribution < 1.29 is 27.4 Å². The molecule has 0 radical (unpaired) electrons. The molecule has 3 aromatic carbocycles. The second kappa shape index (κ2) is 9.60. The van der Waals surface area contributed by atoms with Crippen molar-refractivity contribution in [1.29, 1.82) is 0 Å². The Hall–Kier alpha value is -3.81. The van der Waals surface area contributed by atoms with Crippen LogP contribution in [0.25, 0.3) is 0 Å². The summed E-state index contributed by atoms with van der Waals surface area (Å²) in [4.78, 5) is 12.5. The van der Waals surface area contributed by atoms with E-state index in [2.05, 4.69) is 10.5 Å². The Morgan fingerprint density at radius 2 is 1.33 bits per heavy atom. The van der Waals surface area contributed by atoms with Crippen LogP contribution in [0.1, 0.15) is 11.1 Å². The van der Waals surface area contributed by atoms with Gasteiger partial charge in [0.05, 0.1) is 11.8 Å². The van der Waals surface area contributed by atoms with Crippen molar-refractivity contribution in [2.75, 3.05) is 0 Å². The van der Waals surface area contributed by atoms with Crippen LogP contribution in [0.5, 0.6) is 11.5 Å². The Labute approximate surface area is 170 Å². The molecular weight excluding hydrogens is 397 g/mol. The van der Waals surface area contributed by atoms with Crippen LogP contribution in [0.3, 0.4) is 0 Å². The van der Waals surface area contributed by atoms with E-state index in [0.717, 1.165) is 12.3 Å². The van der Waals surface area contributed by atoms with Crippen molar-refractivity contribution in [2.45, 2.75) is 12.5 Å². The van der Waals surface area contributed by atoms with Gasteiger partial charge in [0.1, 0.15) is 11.5 Å². The summed E-state index contributed by atoms with van der Waals surface area (Å²) in [5.41, 5.74) is 1.12. The van der Waals surface area contributed by atoms with E-state index in [4.69, 9.17) is 9.47 Å². The number of ether oxygens (including phenoxy) is 2. The largest absolute Gasteiger partial charge is 0.446 e. The van der Waals surface area contributed by atoms with Crippen molar-refractivity contribution in [3.63, 3.8) is 0 Å². The highest BCUT2D eigenvalue weighted by atomic mass is 19.4. The van der Waals surface area contributed by atoms with Crippen molar-refractivity contribution >= 4 is 12.1 Å². The van der Waals surface area contributed by atoms with E-state index in [1.165, 1.54) is 18.2 Å². The highest BCUT2D eigenvalue weighted by Gasteiger charge is 2.32. The van der Waals surface area contributed by atoms with E-state index < -0.39 is 23.9 Å². The zero-order valence-corrected chi connectivity index (χ0v) is 15.5. The molecule has 0 saturated carbocycles. The number of nitrogens with zero attached hydrogens (tertiary/aromatic N) is 1. The van der Waals surface area contributed by atoms with Crippen LogP contribution in [0.2, 0.25) is 0 Å². The Morgan fingerprint density at radius 1 is 0.833 bits per heavy atom. The highest BCUT2D eigenvalue weighted by molar-refractivity contribution is 5.85. The van der Waals surface area contributed by atoms with Gasteiger partial charge < -0.3 is 9.47 Å². The number of amides is 1. The number of hydrazone groups is 1. The molecule has 1 amide bonds. The summed E-state index contributed by atoms with van der Waals surface area (Å²) in [6, 6.07) is 21.9. The lowest BCUT2D eigenvalue weighted by Gasteiger charge is -2.18. The maximum Gasteiger partial charge on any atom is 0.417 e. The minimum Gasteiger partial charge on any atom is -0.446 e. The molecule has 5 nitrogen and oxygen atoms in total. The van der Waals surface area contributed by atoms with Crippen LogP contribution in [0.15, 0.2) is 90.0 Å². The number of rotatable bonds is 7. The summed E-state index contributed by atoms with van der Waals surface area (Å²) < 4.78 is 50.3. The van der Waals surface area contributed by atoms with Gasteiger partial charge in [0, 0.05) is 5.56 Å². The SMILES string of the molecule is O=C(N/N=C/c1ccccc1C(F)(F)F)C(Oc1ccccc1)Oc1ccccc1. The van der Waals surface area contributed by atoms with Crippen LogP contribution in [-0.2, 0) is 11.0 Å². The van der Waals surface area contributed by atoms with Crippen LogP contribution >= 0.6 is 0 Å². The molecule has 0 fully saturated rings. The first kappa shape index (κ1) is 20.9. The number of hydrogen-bond donors (Lipinski definition) is 1. The molecule has 0 saturated heterocycles. The maximum atomic E-state index is 13.1. The third kappa shape index (κ3) is 5.84. The molecule has 0 bridgehead atoms. The van der Waals surface area contributed by atoms with Crippen LogP contribution in [0, 0.1) is 0 Å². The van der Waals surface area contributed by atoms with Gasteiger partial charge in [-0.15, -0.1) is 0 Å². The minimum absolute atomic E-state index is 0.185. The summed E-state index contributed by atoms with van der Waals surface area (Å²) in [5, 5.41) is 3.64. The number of carbonyl (C=O) groups is 1. The first-order chi connectivity index (χ1) is 14.4. The fraction of sp³-hybridized carbons (Fsp3) is 0.0909. The molecule has 0 atom stereocenters. The van der Waals surface area contributed by atoms with Crippen LogP contribution in [0.4, 0.5) is 13.2 Å². The van der Waals surface area contributed by atoms with Crippen LogP contribution in [-0.4, -0.2) is 18.4 Å². The van der Waals surface area contributed by atoms with E-state index in [-0.39, 0.29) is 5.56 Å². The zero-order chi connectivity index (χ0) is 21.4. The van der Waals surface area contributed by atoms with Crippen molar-refractivity contribution in [3.05, 3.63) is 96.1 Å². The van der Waals surface area contributed by atoms with E-state index in [1.54, 1.807) is 60.7 Å². The van der Waals surface area contributed by atoms with Gasteiger partial charge in [0.2, 0.25) is 0 Å². The zero-order valence-electron chi connectivity index (χ0n) is 15.5. The van der Waals surface area contributed by atoms with E-state index in [0.29, 0.717) is 11.5 Å². The normalized spacial score (nSPS) is 11.5. The predicted molar refractivity (Wildman–Crippen MR) is 105 cm³/mol. The highest BCUT2D eigenvalue weighted by Crippen LogP contribution is 2.31. The summed E-state index contributed by atoms with van der Waals surface area (Å²) in [6.07, 6.45) is -5.03. The first-order valence-electron chi connectivity index (χ1n) is 8.86. The molecule has 0 spiro atoms. The van der Waals surface area contributed by atoms with Gasteiger partial charge in [-0.3, -0.25) is 4.79 Å². The molecule has 0 aliphatic carbocycles. The van der Waals surface area contributed by atoms with Gasteiger partial charge in [-0.1, -0.05) is 54.6 Å². The lowest BCUT2D eigenvalue weighted by Crippen LogP contribution is -2.40. The van der Waals surface area contributed by atoms with E-state index in [9.17, 15) is 18.0 Å². The Bertz CT molecular complexity index is 952. The second-order valence-electron chi connectivity index (χ2n) is 6.01. The third-order valence-corrected chi connectivity index (χ3v) is 3.83. The predicted octanol–water partition coefficient (Wildman–Crippen LogP) is 4.64. The number of benzene rings is 3. The van der Waals surface area contributed by atoms with Gasteiger partial charge in [-0.2, -0.15) is 18.3 Å². The monoisotopic (exact) mass is 414 g/mol. The number of para-hydroxylation sites is 2. The number of hydrogen-bond acceptors (Lipinski definition) is 4. The van der Waals surface area contributed by atoms with Gasteiger partial charge in [0.25, 0.3) is 0 Å². The maximum absolute atomic E-state index is 13.1. The second-order valence-corrected chi connectivity index (χ2v) is 6.01. The third-order valence-electron chi connectivity index (χ3n) is 3.83. The molecule has 8 heteroatoms. The summed E-state index contributed by atoms with van der Waals surface area (Å²) in [6.45, 7) is 0. The number of halogens is 3. The van der Waals surface area contributed by atoms with Crippen molar-refractivity contribution in [2.24, 2.45) is 5.10 Å². The fourth-order valence-corrected chi connectivity index (χ4v) is 2.46. The molecule has 1 N–H and O–H groups in total. The smallest absolute Gasteiger partial charge is 0.417 e. The molecule has 3 aromatic rings. The van der Waals surface area contributed by atoms with Crippen molar-refractivity contribution in [3.8, 4) is 11.5 Å². The van der Waals surface area contributed by atoms with E-state index >= 15 is 0 Å². The summed E-state index contributed by atoms with van der Waals surface area (Å²) in [7, 11) is 0. The number of nitrogens with one attached hydrogen (secondary N) is 1. The van der Waals surface area contributed by atoms with Crippen LogP contribution < -0.4 is 14.9 Å². The summed E-state index contributed by atoms with van der Waals surface area (Å²) >= 11 is 0. The van der Waals surface area contributed by atoms with Gasteiger partial charge >= 0.3 is 18.4 Å². The first-order valence-corrected chi connectivity index (χ1v) is 8.86. The topological polar surface area (TPSA) is 59.9 Å². The molecule has 30 heavy (non-hydrogen) atoms. The number of alkyl halides is 3. The average molecular weight is 414 g/mol. The fourth-order valence-electron chi connectivity index (χ4n) is 2.46. The van der Waals surface area contributed by atoms with Crippen molar-refractivity contribution in [1.82, 2.24) is 5.43 Å². The average Bonchev–Trinajstić information content (AvgIpc) is 2.74. The molecular formula is C22H17F3N2O3. The molecule has 0 aliphatic heterocycles. The van der Waals surface area contributed by atoms with E-state index in [1.807, 2.05) is 0 Å². The molecule has 0 heterocycles.